The molecule has 1 N–H and O–H groups in total. The van der Waals surface area contributed by atoms with Crippen LogP contribution in [0, 0.1) is 17.8 Å². The van der Waals surface area contributed by atoms with Crippen molar-refractivity contribution in [1.82, 2.24) is 19.7 Å². The Hall–Kier alpha value is -3.74. The molecule has 6 atom stereocenters. The van der Waals surface area contributed by atoms with E-state index in [4.69, 9.17) is 21.1 Å². The van der Waals surface area contributed by atoms with Crippen LogP contribution in [-0.2, 0) is 33.0 Å². The Morgan fingerprint density at radius 2 is 2.08 bits per heavy atom. The fourth-order valence-corrected chi connectivity index (χ4v) is 10.2. The molecule has 3 aromatic rings. The topological polar surface area (TPSA) is 128 Å². The molecule has 2 aliphatic heterocycles. The molecular formula is C37H45ClN6O5S. The van der Waals surface area contributed by atoms with Crippen LogP contribution in [-0.4, -0.2) is 69.7 Å². The van der Waals surface area contributed by atoms with Gasteiger partial charge in [0.15, 0.2) is 5.69 Å². The summed E-state index contributed by atoms with van der Waals surface area (Å²) in [5.74, 6) is -0.129. The van der Waals surface area contributed by atoms with Gasteiger partial charge in [0.25, 0.3) is 11.8 Å². The zero-order chi connectivity index (χ0) is 35.0. The van der Waals surface area contributed by atoms with E-state index in [1.165, 1.54) is 22.1 Å². The number of benzene rings is 2. The maximum atomic E-state index is 14.4. The summed E-state index contributed by atoms with van der Waals surface area (Å²) in [7, 11) is -1.80. The number of anilines is 1. The molecule has 2 aromatic carbocycles. The Kier molecular flexibility index (Phi) is 9.79. The molecule has 1 spiro atoms. The van der Waals surface area contributed by atoms with Crippen LogP contribution in [0.25, 0.3) is 0 Å². The number of allylic oxidation sites excluding steroid dienone is 1. The number of aryl methyl sites for hydroxylation is 2. The van der Waals surface area contributed by atoms with Crippen molar-refractivity contribution < 1.29 is 23.3 Å². The molecular weight excluding hydrogens is 676 g/mol. The minimum Gasteiger partial charge on any atom is -0.490 e. The molecule has 3 heterocycles. The van der Waals surface area contributed by atoms with Crippen molar-refractivity contribution in [1.29, 1.82) is 0 Å². The predicted molar refractivity (Wildman–Crippen MR) is 193 cm³/mol. The van der Waals surface area contributed by atoms with Gasteiger partial charge in [-0.1, -0.05) is 36.7 Å². The van der Waals surface area contributed by atoms with E-state index < -0.39 is 21.7 Å². The lowest BCUT2D eigenvalue weighted by atomic mass is 9.68. The number of methoxy groups -OCH3 is 1. The maximum absolute atomic E-state index is 14.4. The molecule has 11 nitrogen and oxygen atoms in total. The van der Waals surface area contributed by atoms with E-state index in [2.05, 4.69) is 48.5 Å². The normalized spacial score (nSPS) is 30.2. The highest BCUT2D eigenvalue weighted by atomic mass is 35.5. The fourth-order valence-electron chi connectivity index (χ4n) is 8.12. The summed E-state index contributed by atoms with van der Waals surface area (Å²) >= 11 is 6.45. The molecule has 266 valence electrons. The molecule has 7 rings (SSSR count). The molecule has 0 saturated heterocycles. The third kappa shape index (κ3) is 6.94. The lowest BCUT2D eigenvalue weighted by Gasteiger charge is -2.46. The lowest BCUT2D eigenvalue weighted by Crippen LogP contribution is -2.49. The number of carbonyl (C=O) groups excluding carboxylic acids is 2. The summed E-state index contributed by atoms with van der Waals surface area (Å²) in [4.78, 5) is 30.9. The Labute approximate surface area is 299 Å². The highest BCUT2D eigenvalue weighted by Gasteiger charge is 2.44. The van der Waals surface area contributed by atoms with Gasteiger partial charge in [-0.2, -0.15) is 9.90 Å². The van der Waals surface area contributed by atoms with E-state index in [-0.39, 0.29) is 34.4 Å². The third-order valence-electron chi connectivity index (χ3n) is 10.8. The van der Waals surface area contributed by atoms with Gasteiger partial charge in [-0.05, 0) is 105 Å². The van der Waals surface area contributed by atoms with Gasteiger partial charge in [-0.3, -0.25) is 14.3 Å². The van der Waals surface area contributed by atoms with Crippen molar-refractivity contribution in [3.8, 4) is 5.75 Å². The van der Waals surface area contributed by atoms with E-state index in [1.807, 2.05) is 32.0 Å². The molecule has 2 aliphatic carbocycles. The number of ether oxygens (including phenoxy) is 2. The zero-order valence-corrected chi connectivity index (χ0v) is 30.4. The minimum absolute atomic E-state index is 0.00760. The summed E-state index contributed by atoms with van der Waals surface area (Å²) in [5.41, 5.74) is 3.37. The summed E-state index contributed by atoms with van der Waals surface area (Å²) in [6.07, 6.45) is 11.1. The van der Waals surface area contributed by atoms with Crippen LogP contribution >= 0.6 is 11.6 Å². The highest BCUT2D eigenvalue weighted by molar-refractivity contribution is 7.92. The molecule has 0 radical (unpaired) electrons. The summed E-state index contributed by atoms with van der Waals surface area (Å²) in [6.45, 7) is 6.24. The summed E-state index contributed by atoms with van der Waals surface area (Å²) in [5, 5.41) is 8.95. The lowest BCUT2D eigenvalue weighted by molar-refractivity contribution is 0.0131. The Balaban J connectivity index is 1.30. The van der Waals surface area contributed by atoms with Gasteiger partial charge in [0.2, 0.25) is 0 Å². The first kappa shape index (κ1) is 34.7. The summed E-state index contributed by atoms with van der Waals surface area (Å²) < 4.78 is 33.9. The average molecular weight is 721 g/mol. The van der Waals surface area contributed by atoms with Gasteiger partial charge in [-0.25, -0.2) is 4.21 Å². The van der Waals surface area contributed by atoms with E-state index in [1.54, 1.807) is 13.2 Å². The van der Waals surface area contributed by atoms with Crippen LogP contribution < -0.4 is 14.4 Å². The average Bonchev–Trinajstić information content (AvgIpc) is 3.52. The molecule has 2 bridgehead atoms. The minimum atomic E-state index is -3.56. The monoisotopic (exact) mass is 720 g/mol. The van der Waals surface area contributed by atoms with Crippen LogP contribution in [0.4, 0.5) is 5.69 Å². The van der Waals surface area contributed by atoms with Crippen molar-refractivity contribution in [2.24, 2.45) is 22.1 Å². The Bertz CT molecular complexity index is 1940. The number of hydrogen-bond acceptors (Lipinski definition) is 8. The standard InChI is InChI=1S/C37H45ClN6O5S/c1-4-44-39-19-31(40-44)36(46)42-50(47)21-24(2)7-5-9-33(48-3)29-13-10-27(29)20-43-22-37(16-6-8-25-17-28(38)12-14-30(25)37)23-49-34-15-11-26(18-32(34)43)35(45)41-50/h5,9,11-12,14-15,17-19,24,27,29,33H,4,6-8,10,13,16,20-23H2,1-3H3,(H,41,42,45,46,47)/b9-5+/t24-,27-,29+,33-,37-,50-/m0/s1. The van der Waals surface area contributed by atoms with Crippen LogP contribution in [0.3, 0.4) is 0 Å². The van der Waals surface area contributed by atoms with Gasteiger partial charge >= 0.3 is 0 Å². The van der Waals surface area contributed by atoms with E-state index in [0.29, 0.717) is 43.7 Å². The van der Waals surface area contributed by atoms with Crippen molar-refractivity contribution in [3.05, 3.63) is 82.2 Å². The van der Waals surface area contributed by atoms with Crippen LogP contribution in [0.15, 0.2) is 59.1 Å². The van der Waals surface area contributed by atoms with E-state index >= 15 is 0 Å². The van der Waals surface area contributed by atoms with Gasteiger partial charge in [0, 0.05) is 36.2 Å². The Morgan fingerprint density at radius 1 is 1.22 bits per heavy atom. The van der Waals surface area contributed by atoms with Crippen molar-refractivity contribution >= 4 is 39.0 Å². The second kappa shape index (κ2) is 14.1. The molecule has 2 amide bonds. The first-order chi connectivity index (χ1) is 24.1. The molecule has 4 aliphatic rings. The van der Waals surface area contributed by atoms with Crippen LogP contribution in [0.5, 0.6) is 5.75 Å². The fraction of sp³-hybridized carbons (Fsp3) is 0.514. The largest absolute Gasteiger partial charge is 0.490 e. The second-order valence-electron chi connectivity index (χ2n) is 14.3. The molecule has 0 unspecified atom stereocenters. The molecule has 1 aromatic heterocycles. The number of nitrogens with zero attached hydrogens (tertiary/aromatic N) is 5. The first-order valence-electron chi connectivity index (χ1n) is 17.6. The Morgan fingerprint density at radius 3 is 2.84 bits per heavy atom. The second-order valence-corrected chi connectivity index (χ2v) is 16.7. The molecule has 1 saturated carbocycles. The number of rotatable bonds is 4. The SMILES string of the molecule is CCn1ncc(C(=O)N[S@@]2(=O)=NC(=O)c3ccc4c(c3)N(C[C@@H]3CC[C@H]3[C@@H](OC)/C=C/C[C@H](C)C2)C[C@@]2(CCCc3cc(Cl)ccc32)CO4)n1. The quantitative estimate of drug-likeness (QED) is 0.325. The highest BCUT2D eigenvalue weighted by Crippen LogP contribution is 2.47. The first-order valence-corrected chi connectivity index (χ1v) is 19.7. The van der Waals surface area contributed by atoms with E-state index in [9.17, 15) is 13.8 Å². The number of fused-ring (bicyclic) bond motifs is 4. The third-order valence-corrected chi connectivity index (χ3v) is 13.0. The number of amides is 2. The van der Waals surface area contributed by atoms with Crippen molar-refractivity contribution in [2.75, 3.05) is 37.5 Å². The number of aromatic nitrogens is 3. The van der Waals surface area contributed by atoms with Crippen LogP contribution in [0.2, 0.25) is 5.02 Å². The summed E-state index contributed by atoms with van der Waals surface area (Å²) in [6, 6.07) is 11.5. The van der Waals surface area contributed by atoms with Gasteiger partial charge in [0.05, 0.1) is 36.9 Å². The van der Waals surface area contributed by atoms with Gasteiger partial charge in [-0.15, -0.1) is 9.46 Å². The molecule has 1 fully saturated rings. The molecule has 50 heavy (non-hydrogen) atoms. The smallest absolute Gasteiger partial charge is 0.286 e. The zero-order valence-electron chi connectivity index (χ0n) is 28.8. The number of hydrogen-bond donors (Lipinski definition) is 1. The molecule has 13 heteroatoms. The number of halogens is 1. The van der Waals surface area contributed by atoms with Crippen molar-refractivity contribution in [3.63, 3.8) is 0 Å². The van der Waals surface area contributed by atoms with Gasteiger partial charge in [0.1, 0.15) is 15.7 Å². The van der Waals surface area contributed by atoms with E-state index in [0.717, 1.165) is 49.4 Å². The number of carbonyl (C=O) groups is 2. The maximum Gasteiger partial charge on any atom is 0.286 e. The number of nitrogens with one attached hydrogen (secondary N) is 1. The predicted octanol–water partition coefficient (Wildman–Crippen LogP) is 6.01. The van der Waals surface area contributed by atoms with Gasteiger partial charge < -0.3 is 14.4 Å². The van der Waals surface area contributed by atoms with Crippen LogP contribution in [0.1, 0.15) is 77.9 Å². The van der Waals surface area contributed by atoms with Crippen molar-refractivity contribution in [2.45, 2.75) is 70.4 Å².